The molecule has 0 spiro atoms. The molecule has 1 aromatic carbocycles. The van der Waals surface area contributed by atoms with Gasteiger partial charge in [-0.3, -0.25) is 4.79 Å². The van der Waals surface area contributed by atoms with Gasteiger partial charge in [-0.15, -0.1) is 6.42 Å². The fourth-order valence-electron chi connectivity index (χ4n) is 0.862. The topological polar surface area (TPSA) is 29.1 Å². The van der Waals surface area contributed by atoms with Crippen molar-refractivity contribution in [1.82, 2.24) is 5.32 Å². The third kappa shape index (κ3) is 1.64. The molecule has 0 fully saturated rings. The zero-order chi connectivity index (χ0) is 8.97. The quantitative estimate of drug-likeness (QED) is 0.609. The highest BCUT2D eigenvalue weighted by Gasteiger charge is 2.00. The number of nitrogens with one attached hydrogen (secondary N) is 1. The van der Waals surface area contributed by atoms with E-state index in [4.69, 9.17) is 6.42 Å². The van der Waals surface area contributed by atoms with Gasteiger partial charge in [0, 0.05) is 18.2 Å². The van der Waals surface area contributed by atoms with Gasteiger partial charge in [0.05, 0.1) is 0 Å². The number of carbonyl (C=O) groups excluding carboxylic acids is 1. The van der Waals surface area contributed by atoms with Crippen molar-refractivity contribution in [3.63, 3.8) is 0 Å². The zero-order valence-electron chi connectivity index (χ0n) is 6.79. The largest absolute Gasteiger partial charge is 0.355 e. The number of terminal acetylenes is 1. The van der Waals surface area contributed by atoms with E-state index < -0.39 is 0 Å². The Balaban J connectivity index is 2.94. The summed E-state index contributed by atoms with van der Waals surface area (Å²) in [6.45, 7) is 0. The van der Waals surface area contributed by atoms with E-state index in [1.54, 1.807) is 31.3 Å². The minimum Gasteiger partial charge on any atom is -0.355 e. The molecule has 1 amide bonds. The third-order valence-corrected chi connectivity index (χ3v) is 1.54. The molecule has 0 aliphatic heterocycles. The Kier molecular flexibility index (Phi) is 2.49. The molecule has 0 atom stereocenters. The van der Waals surface area contributed by atoms with Crippen molar-refractivity contribution in [1.29, 1.82) is 0 Å². The van der Waals surface area contributed by atoms with Gasteiger partial charge in [-0.05, 0) is 24.3 Å². The van der Waals surface area contributed by atoms with Gasteiger partial charge in [0.2, 0.25) is 0 Å². The summed E-state index contributed by atoms with van der Waals surface area (Å²) >= 11 is 0. The van der Waals surface area contributed by atoms with Crippen molar-refractivity contribution < 1.29 is 4.79 Å². The van der Waals surface area contributed by atoms with Gasteiger partial charge in [0.15, 0.2) is 0 Å². The second-order valence-electron chi connectivity index (χ2n) is 2.30. The molecule has 60 valence electrons. The highest BCUT2D eigenvalue weighted by molar-refractivity contribution is 5.94. The lowest BCUT2D eigenvalue weighted by molar-refractivity contribution is 0.0963. The second kappa shape index (κ2) is 3.59. The van der Waals surface area contributed by atoms with Crippen molar-refractivity contribution in [3.05, 3.63) is 35.4 Å². The zero-order valence-corrected chi connectivity index (χ0v) is 6.79. The van der Waals surface area contributed by atoms with Crippen LogP contribution < -0.4 is 5.32 Å². The predicted octanol–water partition coefficient (Wildman–Crippen LogP) is 1.03. The summed E-state index contributed by atoms with van der Waals surface area (Å²) in [5.74, 6) is 2.38. The van der Waals surface area contributed by atoms with Crippen LogP contribution in [0.2, 0.25) is 0 Å². The van der Waals surface area contributed by atoms with Crippen LogP contribution in [0.25, 0.3) is 0 Å². The fourth-order valence-corrected chi connectivity index (χ4v) is 0.862. The van der Waals surface area contributed by atoms with Crippen LogP contribution in [0.5, 0.6) is 0 Å². The lowest BCUT2D eigenvalue weighted by atomic mass is 10.1. The summed E-state index contributed by atoms with van der Waals surface area (Å²) < 4.78 is 0. The third-order valence-electron chi connectivity index (χ3n) is 1.54. The standard InChI is InChI=1S/C10H9NO/c1-3-8-4-6-9(7-5-8)10(12)11-2/h1,4-7H,2H3,(H,11,12). The molecule has 0 bridgehead atoms. The van der Waals surface area contributed by atoms with E-state index in [9.17, 15) is 4.79 Å². The monoisotopic (exact) mass is 159 g/mol. The van der Waals surface area contributed by atoms with Gasteiger partial charge in [-0.1, -0.05) is 5.92 Å². The van der Waals surface area contributed by atoms with Gasteiger partial charge < -0.3 is 5.32 Å². The first-order chi connectivity index (χ1) is 5.77. The van der Waals surface area contributed by atoms with Gasteiger partial charge in [0.25, 0.3) is 5.91 Å². The Hall–Kier alpha value is -1.75. The highest BCUT2D eigenvalue weighted by atomic mass is 16.1. The molecule has 1 N–H and O–H groups in total. The van der Waals surface area contributed by atoms with Crippen LogP contribution in [0.15, 0.2) is 24.3 Å². The van der Waals surface area contributed by atoms with Crippen molar-refractivity contribution >= 4 is 5.91 Å². The van der Waals surface area contributed by atoms with Crippen LogP contribution in [0, 0.1) is 12.3 Å². The molecule has 0 heterocycles. The molecule has 0 aliphatic carbocycles. The smallest absolute Gasteiger partial charge is 0.251 e. The molecule has 0 saturated heterocycles. The van der Waals surface area contributed by atoms with Crippen LogP contribution in [-0.4, -0.2) is 13.0 Å². The van der Waals surface area contributed by atoms with Crippen LogP contribution >= 0.6 is 0 Å². The molecule has 2 nitrogen and oxygen atoms in total. The van der Waals surface area contributed by atoms with Crippen LogP contribution in [-0.2, 0) is 0 Å². The number of rotatable bonds is 1. The Bertz CT molecular complexity index is 319. The number of amides is 1. The molecule has 12 heavy (non-hydrogen) atoms. The van der Waals surface area contributed by atoms with Gasteiger partial charge in [-0.2, -0.15) is 0 Å². The van der Waals surface area contributed by atoms with Gasteiger partial charge in [-0.25, -0.2) is 0 Å². The van der Waals surface area contributed by atoms with Crippen molar-refractivity contribution in [2.75, 3.05) is 7.05 Å². The number of hydrogen-bond acceptors (Lipinski definition) is 1. The average molecular weight is 159 g/mol. The molecule has 0 aromatic heterocycles. The Morgan fingerprint density at radius 3 is 2.42 bits per heavy atom. The lowest BCUT2D eigenvalue weighted by Crippen LogP contribution is -2.17. The maximum Gasteiger partial charge on any atom is 0.251 e. The summed E-state index contributed by atoms with van der Waals surface area (Å²) in [6, 6.07) is 6.89. The molecule has 0 aliphatic rings. The van der Waals surface area contributed by atoms with E-state index in [2.05, 4.69) is 11.2 Å². The lowest BCUT2D eigenvalue weighted by Gasteiger charge is -1.98. The molecule has 0 radical (unpaired) electrons. The molecular formula is C10H9NO. The summed E-state index contributed by atoms with van der Waals surface area (Å²) in [5.41, 5.74) is 1.40. The van der Waals surface area contributed by atoms with Crippen molar-refractivity contribution in [3.8, 4) is 12.3 Å². The average Bonchev–Trinajstić information content (AvgIpc) is 2.17. The minimum absolute atomic E-state index is 0.0985. The fraction of sp³-hybridized carbons (Fsp3) is 0.100. The summed E-state index contributed by atoms with van der Waals surface area (Å²) in [5, 5.41) is 2.53. The Morgan fingerprint density at radius 1 is 1.42 bits per heavy atom. The van der Waals surface area contributed by atoms with Crippen molar-refractivity contribution in [2.24, 2.45) is 0 Å². The van der Waals surface area contributed by atoms with Crippen molar-refractivity contribution in [2.45, 2.75) is 0 Å². The van der Waals surface area contributed by atoms with Gasteiger partial charge in [0.1, 0.15) is 0 Å². The van der Waals surface area contributed by atoms with Crippen LogP contribution in [0.4, 0.5) is 0 Å². The molecular weight excluding hydrogens is 150 g/mol. The molecule has 1 aromatic rings. The SMILES string of the molecule is C#Cc1ccc(C(=O)NC)cc1. The van der Waals surface area contributed by atoms with E-state index in [1.807, 2.05) is 0 Å². The molecule has 0 unspecified atom stereocenters. The summed E-state index contributed by atoms with van der Waals surface area (Å²) in [6.07, 6.45) is 5.16. The van der Waals surface area contributed by atoms with Crippen LogP contribution in [0.1, 0.15) is 15.9 Å². The van der Waals surface area contributed by atoms with E-state index in [-0.39, 0.29) is 5.91 Å². The first kappa shape index (κ1) is 8.35. The first-order valence-electron chi connectivity index (χ1n) is 3.56. The Morgan fingerprint density at radius 2 is 2.00 bits per heavy atom. The van der Waals surface area contributed by atoms with E-state index >= 15 is 0 Å². The summed E-state index contributed by atoms with van der Waals surface area (Å²) in [7, 11) is 1.59. The number of carbonyl (C=O) groups is 1. The molecule has 0 saturated carbocycles. The normalized spacial score (nSPS) is 8.67. The number of benzene rings is 1. The van der Waals surface area contributed by atoms with E-state index in [1.165, 1.54) is 0 Å². The summed E-state index contributed by atoms with van der Waals surface area (Å²) in [4.78, 5) is 11.1. The second-order valence-corrected chi connectivity index (χ2v) is 2.30. The van der Waals surface area contributed by atoms with E-state index in [0.717, 1.165) is 5.56 Å². The predicted molar refractivity (Wildman–Crippen MR) is 47.8 cm³/mol. The van der Waals surface area contributed by atoms with Gasteiger partial charge >= 0.3 is 0 Å². The van der Waals surface area contributed by atoms with E-state index in [0.29, 0.717) is 5.56 Å². The van der Waals surface area contributed by atoms with Crippen LogP contribution in [0.3, 0.4) is 0 Å². The Labute approximate surface area is 71.6 Å². The molecule has 2 heteroatoms. The number of hydrogen-bond donors (Lipinski definition) is 1. The molecule has 1 rings (SSSR count). The highest BCUT2D eigenvalue weighted by Crippen LogP contribution is 2.02. The first-order valence-corrected chi connectivity index (χ1v) is 3.56. The minimum atomic E-state index is -0.0985. The maximum absolute atomic E-state index is 11.1. The maximum atomic E-state index is 11.1.